The lowest BCUT2D eigenvalue weighted by atomic mass is 10.2. The van der Waals surface area contributed by atoms with Crippen molar-refractivity contribution in [3.8, 4) is 6.07 Å². The molecule has 0 radical (unpaired) electrons. The lowest BCUT2D eigenvalue weighted by molar-refractivity contribution is -0.385. The molecule has 0 spiro atoms. The quantitative estimate of drug-likeness (QED) is 0.456. The maximum atomic E-state index is 10.7. The molecule has 0 fully saturated rings. The third kappa shape index (κ3) is 2.97. The van der Waals surface area contributed by atoms with Crippen LogP contribution in [0.4, 0.5) is 5.69 Å². The molecule has 1 atom stereocenters. The molecular formula is C11H12N2O2S. The van der Waals surface area contributed by atoms with Crippen molar-refractivity contribution in [2.24, 2.45) is 0 Å². The molecule has 0 N–H and O–H groups in total. The summed E-state index contributed by atoms with van der Waals surface area (Å²) in [5.74, 6) is 0. The predicted molar refractivity (Wildman–Crippen MR) is 63.4 cm³/mol. The van der Waals surface area contributed by atoms with E-state index in [1.807, 2.05) is 6.07 Å². The van der Waals surface area contributed by atoms with Gasteiger partial charge in [0, 0.05) is 16.2 Å². The van der Waals surface area contributed by atoms with Gasteiger partial charge in [0.2, 0.25) is 0 Å². The van der Waals surface area contributed by atoms with Crippen LogP contribution in [-0.4, -0.2) is 10.2 Å². The molecule has 16 heavy (non-hydrogen) atoms. The normalized spacial score (nSPS) is 11.8. The van der Waals surface area contributed by atoms with E-state index in [1.54, 1.807) is 17.8 Å². The number of nitro benzene ring substituents is 1. The molecule has 1 rings (SSSR count). The fourth-order valence-corrected chi connectivity index (χ4v) is 2.10. The maximum absolute atomic E-state index is 10.7. The molecule has 0 bridgehead atoms. The summed E-state index contributed by atoms with van der Waals surface area (Å²) in [7, 11) is 0. The Kier molecular flexibility index (Phi) is 4.32. The maximum Gasteiger partial charge on any atom is 0.288 e. The highest BCUT2D eigenvalue weighted by atomic mass is 32.2. The van der Waals surface area contributed by atoms with Gasteiger partial charge in [-0.2, -0.15) is 5.26 Å². The molecule has 84 valence electrons. The molecule has 0 amide bonds. The van der Waals surface area contributed by atoms with Crippen LogP contribution in [0, 0.1) is 21.4 Å². The van der Waals surface area contributed by atoms with E-state index in [0.717, 1.165) is 11.3 Å². The molecule has 0 saturated heterocycles. The van der Waals surface area contributed by atoms with E-state index in [9.17, 15) is 10.1 Å². The van der Waals surface area contributed by atoms with Crippen molar-refractivity contribution < 1.29 is 4.92 Å². The second-order valence-electron chi connectivity index (χ2n) is 3.38. The number of thioether (sulfide) groups is 1. The van der Waals surface area contributed by atoms with Gasteiger partial charge < -0.3 is 0 Å². The van der Waals surface area contributed by atoms with Crippen molar-refractivity contribution in [2.45, 2.75) is 30.4 Å². The Morgan fingerprint density at radius 3 is 2.81 bits per heavy atom. The summed E-state index contributed by atoms with van der Waals surface area (Å²) < 4.78 is 0. The zero-order chi connectivity index (χ0) is 12.1. The van der Waals surface area contributed by atoms with Gasteiger partial charge in [0.1, 0.15) is 11.6 Å². The molecule has 0 aliphatic rings. The monoisotopic (exact) mass is 236 g/mol. The lowest BCUT2D eigenvalue weighted by Gasteiger charge is -2.07. The zero-order valence-corrected chi connectivity index (χ0v) is 9.95. The zero-order valence-electron chi connectivity index (χ0n) is 9.14. The first-order valence-electron chi connectivity index (χ1n) is 4.93. The van der Waals surface area contributed by atoms with E-state index >= 15 is 0 Å². The number of nitrogens with zero attached hydrogens (tertiary/aromatic N) is 2. The van der Waals surface area contributed by atoms with E-state index in [2.05, 4.69) is 13.8 Å². The molecule has 0 saturated carbocycles. The molecular weight excluding hydrogens is 224 g/mol. The first-order chi connectivity index (χ1) is 7.58. The largest absolute Gasteiger partial charge is 0.288 e. The van der Waals surface area contributed by atoms with Crippen LogP contribution < -0.4 is 0 Å². The number of nitriles is 1. The topological polar surface area (TPSA) is 66.9 Å². The van der Waals surface area contributed by atoms with Crippen LogP contribution in [0.3, 0.4) is 0 Å². The first-order valence-corrected chi connectivity index (χ1v) is 5.81. The van der Waals surface area contributed by atoms with Crippen molar-refractivity contribution >= 4 is 17.4 Å². The van der Waals surface area contributed by atoms with Crippen LogP contribution in [0.5, 0.6) is 0 Å². The van der Waals surface area contributed by atoms with Gasteiger partial charge >= 0.3 is 0 Å². The van der Waals surface area contributed by atoms with Crippen molar-refractivity contribution in [1.82, 2.24) is 0 Å². The van der Waals surface area contributed by atoms with Gasteiger partial charge in [-0.1, -0.05) is 13.8 Å². The van der Waals surface area contributed by atoms with Crippen LogP contribution in [0.25, 0.3) is 0 Å². The van der Waals surface area contributed by atoms with Gasteiger partial charge in [-0.15, -0.1) is 11.8 Å². The van der Waals surface area contributed by atoms with Crippen molar-refractivity contribution in [1.29, 1.82) is 5.26 Å². The van der Waals surface area contributed by atoms with E-state index in [0.29, 0.717) is 5.25 Å². The molecule has 1 aromatic rings. The number of hydrogen-bond donors (Lipinski definition) is 0. The molecule has 1 unspecified atom stereocenters. The molecule has 1 aromatic carbocycles. The van der Waals surface area contributed by atoms with Crippen LogP contribution in [0.1, 0.15) is 25.8 Å². The summed E-state index contributed by atoms with van der Waals surface area (Å²) in [5.41, 5.74) is -0.00527. The molecule has 5 heteroatoms. The van der Waals surface area contributed by atoms with Crippen molar-refractivity contribution in [3.63, 3.8) is 0 Å². The van der Waals surface area contributed by atoms with Gasteiger partial charge in [-0.05, 0) is 18.6 Å². The third-order valence-electron chi connectivity index (χ3n) is 2.20. The van der Waals surface area contributed by atoms with Gasteiger partial charge in [0.05, 0.1) is 4.92 Å². The second-order valence-corrected chi connectivity index (χ2v) is 4.90. The average molecular weight is 236 g/mol. The highest BCUT2D eigenvalue weighted by molar-refractivity contribution is 7.99. The van der Waals surface area contributed by atoms with Gasteiger partial charge in [0.15, 0.2) is 0 Å². The molecule has 0 aliphatic carbocycles. The first kappa shape index (κ1) is 12.5. The van der Waals surface area contributed by atoms with Gasteiger partial charge in [-0.25, -0.2) is 0 Å². The fourth-order valence-electron chi connectivity index (χ4n) is 1.15. The molecule has 0 heterocycles. The second kappa shape index (κ2) is 5.52. The minimum absolute atomic E-state index is 0.110. The summed E-state index contributed by atoms with van der Waals surface area (Å²) in [5, 5.41) is 19.9. The summed E-state index contributed by atoms with van der Waals surface area (Å²) >= 11 is 1.58. The van der Waals surface area contributed by atoms with Crippen LogP contribution in [-0.2, 0) is 0 Å². The number of hydrogen-bond acceptors (Lipinski definition) is 4. The van der Waals surface area contributed by atoms with E-state index < -0.39 is 4.92 Å². The molecule has 0 aromatic heterocycles. The Morgan fingerprint density at radius 1 is 1.62 bits per heavy atom. The Morgan fingerprint density at radius 2 is 2.31 bits per heavy atom. The van der Waals surface area contributed by atoms with Crippen LogP contribution in [0.2, 0.25) is 0 Å². The highest BCUT2D eigenvalue weighted by Gasteiger charge is 2.15. The van der Waals surface area contributed by atoms with E-state index in [-0.39, 0.29) is 11.3 Å². The number of rotatable bonds is 4. The molecule has 4 nitrogen and oxygen atoms in total. The Balaban J connectivity index is 3.04. The summed E-state index contributed by atoms with van der Waals surface area (Å²) in [4.78, 5) is 11.1. The Labute approximate surface area is 98.4 Å². The van der Waals surface area contributed by atoms with Crippen LogP contribution >= 0.6 is 11.8 Å². The summed E-state index contributed by atoms with van der Waals surface area (Å²) in [6.45, 7) is 4.13. The smallest absolute Gasteiger partial charge is 0.258 e. The van der Waals surface area contributed by atoms with E-state index in [1.165, 1.54) is 12.1 Å². The van der Waals surface area contributed by atoms with Crippen molar-refractivity contribution in [3.05, 3.63) is 33.9 Å². The Bertz CT molecular complexity index is 440. The van der Waals surface area contributed by atoms with Crippen molar-refractivity contribution in [2.75, 3.05) is 0 Å². The molecule has 0 aliphatic heterocycles. The minimum atomic E-state index is -0.515. The standard InChI is InChI=1S/C11H12N2O2S/c1-3-8(2)16-10-5-4-9(7-12)11(6-10)13(14)15/h4-6,8H,3H2,1-2H3. The highest BCUT2D eigenvalue weighted by Crippen LogP contribution is 2.29. The lowest BCUT2D eigenvalue weighted by Crippen LogP contribution is -1.95. The summed E-state index contributed by atoms with van der Waals surface area (Å²) in [6, 6.07) is 6.54. The van der Waals surface area contributed by atoms with E-state index in [4.69, 9.17) is 5.26 Å². The van der Waals surface area contributed by atoms with Crippen LogP contribution in [0.15, 0.2) is 23.1 Å². The fraction of sp³-hybridized carbons (Fsp3) is 0.364. The number of benzene rings is 1. The van der Waals surface area contributed by atoms with Gasteiger partial charge in [-0.3, -0.25) is 10.1 Å². The van der Waals surface area contributed by atoms with Gasteiger partial charge in [0.25, 0.3) is 5.69 Å². The minimum Gasteiger partial charge on any atom is -0.258 e. The Hall–Kier alpha value is -1.54. The third-order valence-corrected chi connectivity index (χ3v) is 3.46. The summed E-state index contributed by atoms with van der Waals surface area (Å²) in [6.07, 6.45) is 0.998. The predicted octanol–water partition coefficient (Wildman–Crippen LogP) is 3.36. The number of nitro groups is 1. The average Bonchev–Trinajstić information content (AvgIpc) is 2.28. The SMILES string of the molecule is CCC(C)Sc1ccc(C#N)c([N+](=O)[O-])c1.